The maximum atomic E-state index is 14.2. The summed E-state index contributed by atoms with van der Waals surface area (Å²) in [7, 11) is 1.15. The van der Waals surface area contributed by atoms with Gasteiger partial charge >= 0.3 is 12.1 Å². The normalized spacial score (nSPS) is 24.0. The average molecular weight is 575 g/mol. The number of benzene rings is 2. The molecule has 1 unspecified atom stereocenters. The Bertz CT molecular complexity index is 1290. The molecule has 0 aromatic heterocycles. The molecular weight excluding hydrogens is 536 g/mol. The van der Waals surface area contributed by atoms with E-state index in [0.717, 1.165) is 64.4 Å². The van der Waals surface area contributed by atoms with E-state index in [-0.39, 0.29) is 35.8 Å². The van der Waals surface area contributed by atoms with E-state index in [4.69, 9.17) is 4.74 Å². The number of methoxy groups -OCH3 is 1. The van der Waals surface area contributed by atoms with Crippen LogP contribution in [0.4, 0.5) is 17.6 Å². The SMILES string of the molecule is COC(=O)c1cc(C(F)(F)F)cc2c1CCN(C(=O)[C@@]1(C(C)C)CCC(N3CCC(c4ccc(F)cc4)CC3)C1)C2. The molecule has 3 aliphatic rings. The molecule has 2 aromatic rings. The standard InChI is InChI=1S/C32H38F4N2O3/c1-20(2)31(12-8-26(18-31)37-13-9-22(10-14-37)21-4-6-25(33)7-5-21)30(40)38-15-11-27-23(19-38)16-24(32(34,35)36)17-28(27)29(39)41-3/h4-7,16-17,20,22,26H,8-15,18-19H2,1-3H3/t26?,31-/m0/s1. The average Bonchev–Trinajstić information content (AvgIpc) is 3.42. The third-order valence-electron chi connectivity index (χ3n) is 9.80. The topological polar surface area (TPSA) is 49.9 Å². The Balaban J connectivity index is 1.31. The van der Waals surface area contributed by atoms with Crippen molar-refractivity contribution < 1.29 is 31.9 Å². The Morgan fingerprint density at radius 3 is 2.32 bits per heavy atom. The van der Waals surface area contributed by atoms with Crippen LogP contribution in [0.15, 0.2) is 36.4 Å². The molecule has 2 fully saturated rings. The van der Waals surface area contributed by atoms with Gasteiger partial charge in [-0.25, -0.2) is 9.18 Å². The van der Waals surface area contributed by atoms with E-state index in [0.29, 0.717) is 30.0 Å². The van der Waals surface area contributed by atoms with Gasteiger partial charge in [0.15, 0.2) is 0 Å². The summed E-state index contributed by atoms with van der Waals surface area (Å²) in [5.74, 6) is -0.555. The molecule has 0 N–H and O–H groups in total. The summed E-state index contributed by atoms with van der Waals surface area (Å²) < 4.78 is 59.2. The van der Waals surface area contributed by atoms with Gasteiger partial charge in [0.2, 0.25) is 5.91 Å². The highest BCUT2D eigenvalue weighted by atomic mass is 19.4. The molecule has 5 rings (SSSR count). The van der Waals surface area contributed by atoms with Crippen molar-refractivity contribution in [3.8, 4) is 0 Å². The van der Waals surface area contributed by atoms with E-state index in [9.17, 15) is 27.2 Å². The first-order valence-corrected chi connectivity index (χ1v) is 14.5. The maximum Gasteiger partial charge on any atom is 0.416 e. The summed E-state index contributed by atoms with van der Waals surface area (Å²) in [6, 6.07) is 8.98. The fourth-order valence-corrected chi connectivity index (χ4v) is 7.30. The van der Waals surface area contributed by atoms with Crippen molar-refractivity contribution in [2.75, 3.05) is 26.7 Å². The quantitative estimate of drug-likeness (QED) is 0.299. The fraction of sp³-hybridized carbons (Fsp3) is 0.562. The van der Waals surface area contributed by atoms with E-state index in [1.54, 1.807) is 4.90 Å². The number of hydrogen-bond donors (Lipinski definition) is 0. The summed E-state index contributed by atoms with van der Waals surface area (Å²) in [4.78, 5) is 30.7. The predicted octanol–water partition coefficient (Wildman–Crippen LogP) is 6.59. The molecule has 9 heteroatoms. The number of halogens is 4. The number of piperidine rings is 1. The van der Waals surface area contributed by atoms with Crippen LogP contribution in [-0.4, -0.2) is 54.5 Å². The van der Waals surface area contributed by atoms with Crippen LogP contribution in [0.3, 0.4) is 0 Å². The van der Waals surface area contributed by atoms with Crippen LogP contribution in [0.2, 0.25) is 0 Å². The minimum atomic E-state index is -4.62. The number of alkyl halides is 3. The molecule has 1 saturated heterocycles. The van der Waals surface area contributed by atoms with Crippen molar-refractivity contribution >= 4 is 11.9 Å². The number of carbonyl (C=O) groups is 2. The van der Waals surface area contributed by atoms with Gasteiger partial charge in [0.1, 0.15) is 5.82 Å². The van der Waals surface area contributed by atoms with Crippen molar-refractivity contribution in [1.82, 2.24) is 9.80 Å². The predicted molar refractivity (Wildman–Crippen MR) is 147 cm³/mol. The largest absolute Gasteiger partial charge is 0.465 e. The van der Waals surface area contributed by atoms with E-state index in [1.807, 2.05) is 12.1 Å². The number of hydrogen-bond acceptors (Lipinski definition) is 4. The van der Waals surface area contributed by atoms with Crippen molar-refractivity contribution in [3.63, 3.8) is 0 Å². The zero-order chi connectivity index (χ0) is 29.5. The Kier molecular flexibility index (Phi) is 8.21. The number of ether oxygens (including phenoxy) is 1. The lowest BCUT2D eigenvalue weighted by Gasteiger charge is -2.41. The minimum absolute atomic E-state index is 0.00104. The van der Waals surface area contributed by atoms with E-state index < -0.39 is 23.1 Å². The molecule has 1 saturated carbocycles. The molecule has 1 amide bonds. The highest BCUT2D eigenvalue weighted by molar-refractivity contribution is 5.92. The zero-order valence-electron chi connectivity index (χ0n) is 23.9. The molecule has 2 aromatic carbocycles. The zero-order valence-corrected chi connectivity index (χ0v) is 23.9. The van der Waals surface area contributed by atoms with E-state index in [2.05, 4.69) is 18.7 Å². The summed E-state index contributed by atoms with van der Waals surface area (Å²) in [6.07, 6.45) is 0.0233. The third kappa shape index (κ3) is 5.74. The second kappa shape index (κ2) is 11.4. The van der Waals surface area contributed by atoms with Crippen LogP contribution >= 0.6 is 0 Å². The number of fused-ring (bicyclic) bond motifs is 1. The van der Waals surface area contributed by atoms with Gasteiger partial charge in [-0.1, -0.05) is 26.0 Å². The van der Waals surface area contributed by atoms with Gasteiger partial charge in [-0.3, -0.25) is 4.79 Å². The van der Waals surface area contributed by atoms with Gasteiger partial charge in [-0.05, 0) is 104 Å². The van der Waals surface area contributed by atoms with Crippen LogP contribution in [-0.2, 0) is 28.7 Å². The lowest BCUT2D eigenvalue weighted by atomic mass is 9.73. The lowest BCUT2D eigenvalue weighted by molar-refractivity contribution is -0.146. The second-order valence-electron chi connectivity index (χ2n) is 12.2. The number of nitrogens with zero attached hydrogens (tertiary/aromatic N) is 2. The molecule has 5 nitrogen and oxygen atoms in total. The number of carbonyl (C=O) groups excluding carboxylic acids is 2. The molecule has 41 heavy (non-hydrogen) atoms. The molecule has 2 aliphatic heterocycles. The van der Waals surface area contributed by atoms with Crippen LogP contribution in [0.1, 0.15) is 84.5 Å². The van der Waals surface area contributed by atoms with Crippen molar-refractivity contribution in [2.24, 2.45) is 11.3 Å². The van der Waals surface area contributed by atoms with Gasteiger partial charge in [0.25, 0.3) is 0 Å². The minimum Gasteiger partial charge on any atom is -0.465 e. The first kappa shape index (κ1) is 29.5. The van der Waals surface area contributed by atoms with Crippen LogP contribution in [0.25, 0.3) is 0 Å². The van der Waals surface area contributed by atoms with Crippen molar-refractivity contribution in [3.05, 3.63) is 70.0 Å². The van der Waals surface area contributed by atoms with Crippen LogP contribution < -0.4 is 0 Å². The smallest absolute Gasteiger partial charge is 0.416 e. The summed E-state index contributed by atoms with van der Waals surface area (Å²) in [5, 5.41) is 0. The summed E-state index contributed by atoms with van der Waals surface area (Å²) in [6.45, 7) is 6.37. The highest BCUT2D eigenvalue weighted by Gasteiger charge is 2.51. The molecular formula is C32H38F4N2O3. The monoisotopic (exact) mass is 574 g/mol. The first-order chi connectivity index (χ1) is 19.4. The number of amides is 1. The second-order valence-corrected chi connectivity index (χ2v) is 12.2. The van der Waals surface area contributed by atoms with Crippen LogP contribution in [0, 0.1) is 17.2 Å². The first-order valence-electron chi connectivity index (χ1n) is 14.5. The Hall–Kier alpha value is -2.94. The summed E-state index contributed by atoms with van der Waals surface area (Å²) >= 11 is 0. The Morgan fingerprint density at radius 1 is 1.02 bits per heavy atom. The van der Waals surface area contributed by atoms with E-state index in [1.165, 1.54) is 17.7 Å². The molecule has 222 valence electrons. The molecule has 0 spiro atoms. The van der Waals surface area contributed by atoms with Gasteiger partial charge in [0.05, 0.1) is 23.7 Å². The maximum absolute atomic E-state index is 14.2. The fourth-order valence-electron chi connectivity index (χ4n) is 7.30. The molecule has 1 aliphatic carbocycles. The van der Waals surface area contributed by atoms with E-state index >= 15 is 0 Å². The lowest BCUT2D eigenvalue weighted by Crippen LogP contribution is -2.49. The molecule has 2 heterocycles. The number of rotatable bonds is 5. The Morgan fingerprint density at radius 2 is 1.71 bits per heavy atom. The van der Waals surface area contributed by atoms with Gasteiger partial charge in [-0.2, -0.15) is 13.2 Å². The van der Waals surface area contributed by atoms with Gasteiger partial charge in [0, 0.05) is 19.1 Å². The van der Waals surface area contributed by atoms with Gasteiger partial charge < -0.3 is 14.5 Å². The van der Waals surface area contributed by atoms with Crippen LogP contribution in [0.5, 0.6) is 0 Å². The van der Waals surface area contributed by atoms with Crippen molar-refractivity contribution in [1.29, 1.82) is 0 Å². The Labute approximate surface area is 238 Å². The number of esters is 1. The molecule has 2 atom stereocenters. The summed E-state index contributed by atoms with van der Waals surface area (Å²) in [5.41, 5.74) is 0.487. The molecule has 0 bridgehead atoms. The highest BCUT2D eigenvalue weighted by Crippen LogP contribution is 2.49. The molecule has 0 radical (unpaired) electrons. The third-order valence-corrected chi connectivity index (χ3v) is 9.80. The number of likely N-dealkylation sites (tertiary alicyclic amines) is 1. The van der Waals surface area contributed by atoms with Gasteiger partial charge in [-0.15, -0.1) is 0 Å². The van der Waals surface area contributed by atoms with Crippen molar-refractivity contribution in [2.45, 2.75) is 77.1 Å².